The maximum Gasteiger partial charge on any atom is 0.338 e. The first-order valence-corrected chi connectivity index (χ1v) is 16.4. The Morgan fingerprint density at radius 3 is 2.36 bits per heavy atom. The maximum atomic E-state index is 14.3. The fraction of sp³-hybridized carbons (Fsp3) is 0.242. The highest BCUT2D eigenvalue weighted by Gasteiger charge is 2.36. The average molecular weight is 706 g/mol. The number of thiazole rings is 1. The fourth-order valence-electron chi connectivity index (χ4n) is 5.03. The summed E-state index contributed by atoms with van der Waals surface area (Å²) in [7, 11) is 1.52. The van der Waals surface area contributed by atoms with Gasteiger partial charge in [-0.15, -0.1) is 0 Å². The van der Waals surface area contributed by atoms with E-state index >= 15 is 0 Å². The topological polar surface area (TPSA) is 79.1 Å². The number of hydrogen-bond donors (Lipinski definition) is 0. The molecule has 1 atom stereocenters. The van der Waals surface area contributed by atoms with Crippen molar-refractivity contribution < 1.29 is 19.0 Å². The largest absolute Gasteiger partial charge is 0.496 e. The second-order valence-electron chi connectivity index (χ2n) is 10.0. The molecule has 7 nitrogen and oxygen atoms in total. The smallest absolute Gasteiger partial charge is 0.338 e. The number of allylic oxidation sites excluding steroid dienone is 1. The molecule has 234 valence electrons. The van der Waals surface area contributed by atoms with Gasteiger partial charge in [0.2, 0.25) is 0 Å². The molecule has 1 aliphatic heterocycles. The lowest BCUT2D eigenvalue weighted by Crippen LogP contribution is -2.40. The van der Waals surface area contributed by atoms with Crippen molar-refractivity contribution in [3.8, 4) is 11.5 Å². The molecule has 3 aromatic carbocycles. The zero-order valence-corrected chi connectivity index (χ0v) is 28.4. The maximum absolute atomic E-state index is 14.3. The predicted octanol–water partition coefficient (Wildman–Crippen LogP) is 7.78. The molecule has 0 spiro atoms. The van der Waals surface area contributed by atoms with Crippen molar-refractivity contribution in [3.05, 3.63) is 122 Å². The van der Waals surface area contributed by atoms with E-state index in [9.17, 15) is 9.59 Å². The van der Waals surface area contributed by atoms with Gasteiger partial charge in [0, 0.05) is 36.8 Å². The lowest BCUT2D eigenvalue weighted by Gasteiger charge is -2.27. The number of esters is 1. The first-order chi connectivity index (χ1) is 21.6. The third-order valence-electron chi connectivity index (χ3n) is 7.04. The second kappa shape index (κ2) is 14.4. The molecule has 1 aromatic heterocycles. The summed E-state index contributed by atoms with van der Waals surface area (Å²) >= 11 is 26.4. The number of ether oxygens (including phenoxy) is 3. The van der Waals surface area contributed by atoms with Crippen LogP contribution in [0, 0.1) is 0 Å². The molecule has 12 heteroatoms. The quantitative estimate of drug-likeness (QED) is 0.158. The zero-order chi connectivity index (χ0) is 32.2. The zero-order valence-electron chi connectivity index (χ0n) is 24.5. The number of halogens is 4. The van der Waals surface area contributed by atoms with Crippen LogP contribution in [0.4, 0.5) is 0 Å². The minimum absolute atomic E-state index is 0.157. The summed E-state index contributed by atoms with van der Waals surface area (Å²) in [6.45, 7) is 4.04. The highest BCUT2D eigenvalue weighted by Crippen LogP contribution is 2.38. The van der Waals surface area contributed by atoms with E-state index in [1.807, 2.05) is 6.92 Å². The monoisotopic (exact) mass is 704 g/mol. The molecule has 0 saturated heterocycles. The summed E-state index contributed by atoms with van der Waals surface area (Å²) in [5.41, 5.74) is 2.30. The van der Waals surface area contributed by atoms with Crippen molar-refractivity contribution >= 4 is 69.8 Å². The number of aromatic nitrogens is 1. The third-order valence-corrected chi connectivity index (χ3v) is 9.08. The molecule has 5 rings (SSSR count). The minimum Gasteiger partial charge on any atom is -0.496 e. The van der Waals surface area contributed by atoms with Gasteiger partial charge >= 0.3 is 5.97 Å². The number of carbonyl (C=O) groups is 1. The molecule has 0 fully saturated rings. The van der Waals surface area contributed by atoms with Crippen molar-refractivity contribution in [2.75, 3.05) is 13.7 Å². The Hall–Kier alpha value is -3.27. The first kappa shape index (κ1) is 33.1. The molecule has 1 aliphatic rings. The molecule has 0 amide bonds. The van der Waals surface area contributed by atoms with Crippen LogP contribution in [0.15, 0.2) is 75.7 Å². The molecule has 0 bridgehead atoms. The van der Waals surface area contributed by atoms with Gasteiger partial charge in [-0.05, 0) is 68.0 Å². The molecule has 2 heterocycles. The van der Waals surface area contributed by atoms with Crippen LogP contribution in [-0.4, -0.2) is 24.3 Å². The Labute approximate surface area is 283 Å². The highest BCUT2D eigenvalue weighted by atomic mass is 35.5. The van der Waals surface area contributed by atoms with Crippen molar-refractivity contribution in [1.82, 2.24) is 4.57 Å². The minimum atomic E-state index is -0.889. The number of fused-ring (bicyclic) bond motifs is 1. The van der Waals surface area contributed by atoms with Gasteiger partial charge in [-0.25, -0.2) is 9.79 Å². The standard InChI is InChI=1S/C33H28Cl4N2O5S/c1-4-6-25-29(32(41)43-5-2)30(23-15-21(35)10-12-27(23)42-3)39-31(40)28(45-33(39)38-25)14-19-13-20(34)9-11-26(19)44-17-18-7-8-22(36)16-24(18)37/h7-16,30H,4-6,17H2,1-3H3/b28-14+/t30-/m1/s1. The third kappa shape index (κ3) is 7.11. The number of rotatable bonds is 10. The molecular weight excluding hydrogens is 678 g/mol. The highest BCUT2D eigenvalue weighted by molar-refractivity contribution is 7.07. The Kier molecular flexibility index (Phi) is 10.6. The molecule has 0 radical (unpaired) electrons. The Balaban J connectivity index is 1.69. The first-order valence-electron chi connectivity index (χ1n) is 14.1. The molecule has 45 heavy (non-hydrogen) atoms. The van der Waals surface area contributed by atoms with Gasteiger partial charge in [0.05, 0.1) is 29.5 Å². The van der Waals surface area contributed by atoms with Gasteiger partial charge in [0.1, 0.15) is 24.1 Å². The normalized spacial score (nSPS) is 14.6. The van der Waals surface area contributed by atoms with E-state index in [0.717, 1.165) is 12.0 Å². The van der Waals surface area contributed by atoms with Crippen LogP contribution in [0.1, 0.15) is 49.4 Å². The Morgan fingerprint density at radius 1 is 0.978 bits per heavy atom. The number of benzene rings is 3. The van der Waals surface area contributed by atoms with E-state index in [0.29, 0.717) is 64.2 Å². The van der Waals surface area contributed by atoms with Crippen LogP contribution in [-0.2, 0) is 16.1 Å². The fourth-order valence-corrected chi connectivity index (χ4v) is 6.87. The van der Waals surface area contributed by atoms with Gasteiger partial charge in [-0.1, -0.05) is 77.2 Å². The number of methoxy groups -OCH3 is 1. The van der Waals surface area contributed by atoms with E-state index in [1.165, 1.54) is 23.0 Å². The summed E-state index contributed by atoms with van der Waals surface area (Å²) in [6.07, 6.45) is 2.92. The summed E-state index contributed by atoms with van der Waals surface area (Å²) in [4.78, 5) is 33.0. The van der Waals surface area contributed by atoms with E-state index < -0.39 is 12.0 Å². The van der Waals surface area contributed by atoms with Crippen molar-refractivity contribution in [1.29, 1.82) is 0 Å². The van der Waals surface area contributed by atoms with Gasteiger partial charge < -0.3 is 14.2 Å². The number of nitrogens with zero attached hydrogens (tertiary/aromatic N) is 2. The average Bonchev–Trinajstić information content (AvgIpc) is 3.31. The van der Waals surface area contributed by atoms with E-state index in [4.69, 9.17) is 65.6 Å². The van der Waals surface area contributed by atoms with Crippen molar-refractivity contribution in [2.45, 2.75) is 39.3 Å². The van der Waals surface area contributed by atoms with Crippen molar-refractivity contribution in [3.63, 3.8) is 0 Å². The van der Waals surface area contributed by atoms with Crippen LogP contribution >= 0.6 is 57.7 Å². The lowest BCUT2D eigenvalue weighted by atomic mass is 9.93. The van der Waals surface area contributed by atoms with Crippen LogP contribution in [0.5, 0.6) is 11.5 Å². The number of carbonyl (C=O) groups excluding carboxylic acids is 1. The van der Waals surface area contributed by atoms with Gasteiger partial charge in [0.25, 0.3) is 5.56 Å². The lowest BCUT2D eigenvalue weighted by molar-refractivity contribution is -0.139. The van der Waals surface area contributed by atoms with E-state index in [2.05, 4.69) is 0 Å². The van der Waals surface area contributed by atoms with Crippen molar-refractivity contribution in [2.24, 2.45) is 4.99 Å². The molecule has 0 N–H and O–H groups in total. The van der Waals surface area contributed by atoms with E-state index in [-0.39, 0.29) is 24.3 Å². The van der Waals surface area contributed by atoms with Gasteiger partial charge in [0.15, 0.2) is 4.80 Å². The SMILES string of the molecule is CCCC1=C(C(=O)OCC)[C@@H](c2cc(Cl)ccc2OC)n2c(s/c(=C/c3cc(Cl)ccc3OCc3ccc(Cl)cc3Cl)c2=O)=N1. The van der Waals surface area contributed by atoms with Crippen LogP contribution < -0.4 is 24.4 Å². The summed E-state index contributed by atoms with van der Waals surface area (Å²) < 4.78 is 19.1. The number of hydrogen-bond acceptors (Lipinski definition) is 7. The molecule has 0 aliphatic carbocycles. The molecule has 0 saturated carbocycles. The molecule has 4 aromatic rings. The van der Waals surface area contributed by atoms with E-state index in [1.54, 1.807) is 67.6 Å². The van der Waals surface area contributed by atoms with Gasteiger partial charge in [-0.2, -0.15) is 0 Å². The van der Waals surface area contributed by atoms with Crippen LogP contribution in [0.3, 0.4) is 0 Å². The van der Waals surface area contributed by atoms with Gasteiger partial charge in [-0.3, -0.25) is 9.36 Å². The Bertz CT molecular complexity index is 1990. The Morgan fingerprint density at radius 2 is 1.67 bits per heavy atom. The predicted molar refractivity (Wildman–Crippen MR) is 180 cm³/mol. The summed E-state index contributed by atoms with van der Waals surface area (Å²) in [6, 6.07) is 14.5. The second-order valence-corrected chi connectivity index (χ2v) is 12.7. The molecular formula is C33H28Cl4N2O5S. The van der Waals surface area contributed by atoms with Crippen LogP contribution in [0.2, 0.25) is 20.1 Å². The summed E-state index contributed by atoms with van der Waals surface area (Å²) in [5, 5.41) is 1.88. The van der Waals surface area contributed by atoms with Crippen LogP contribution in [0.25, 0.3) is 6.08 Å². The summed E-state index contributed by atoms with van der Waals surface area (Å²) in [5.74, 6) is 0.394. The molecule has 0 unspecified atom stereocenters.